The molecular weight excluding hydrogens is 418 g/mol. The molecule has 0 aliphatic rings. The Morgan fingerprint density at radius 3 is 1.30 bits per heavy atom. The fraction of sp³-hybridized carbons (Fsp3) is 0.231. The van der Waals surface area contributed by atoms with Crippen molar-refractivity contribution in [3.8, 4) is 0 Å². The number of anilines is 3. The Hall–Kier alpha value is -3.68. The molecule has 0 aromatic heterocycles. The predicted molar refractivity (Wildman–Crippen MR) is 130 cm³/mol. The van der Waals surface area contributed by atoms with Crippen LogP contribution in [0.25, 0.3) is 0 Å². The van der Waals surface area contributed by atoms with Gasteiger partial charge in [-0.3, -0.25) is 9.59 Å². The third-order valence-corrected chi connectivity index (χ3v) is 5.18. The Bertz CT molecular complexity index is 1070. The van der Waals surface area contributed by atoms with E-state index < -0.39 is 23.0 Å². The largest absolute Gasteiger partial charge is 0.399 e. The molecule has 0 spiro atoms. The zero-order chi connectivity index (χ0) is 24.4. The van der Waals surface area contributed by atoms with Gasteiger partial charge in [0.2, 0.25) is 0 Å². The molecule has 0 aliphatic heterocycles. The van der Waals surface area contributed by atoms with Crippen molar-refractivity contribution in [3.05, 3.63) is 89.0 Å². The average molecular weight is 448 g/mol. The highest BCUT2D eigenvalue weighted by atomic mass is 16.3. The Balaban J connectivity index is 1.74. The first-order chi connectivity index (χ1) is 15.3. The van der Waals surface area contributed by atoms with Gasteiger partial charge in [-0.1, -0.05) is 24.3 Å². The molecule has 0 saturated heterocycles. The van der Waals surface area contributed by atoms with Gasteiger partial charge in [0.15, 0.2) is 0 Å². The first-order valence-electron chi connectivity index (χ1n) is 10.5. The van der Waals surface area contributed by atoms with Gasteiger partial charge in [-0.2, -0.15) is 0 Å². The van der Waals surface area contributed by atoms with Gasteiger partial charge in [0.1, 0.15) is 0 Å². The van der Waals surface area contributed by atoms with Gasteiger partial charge in [0.05, 0.1) is 11.2 Å². The molecule has 0 unspecified atom stereocenters. The molecule has 7 nitrogen and oxygen atoms in total. The summed E-state index contributed by atoms with van der Waals surface area (Å²) in [6.45, 7) is 6.73. The van der Waals surface area contributed by atoms with Crippen molar-refractivity contribution < 1.29 is 19.8 Å². The van der Waals surface area contributed by atoms with Crippen molar-refractivity contribution in [2.24, 2.45) is 0 Å². The number of nitrogen functional groups attached to an aromatic ring is 1. The molecule has 0 atom stereocenters. The lowest BCUT2D eigenvalue weighted by Crippen LogP contribution is -2.18. The number of benzene rings is 3. The maximum Gasteiger partial charge on any atom is 0.255 e. The van der Waals surface area contributed by atoms with Gasteiger partial charge in [0, 0.05) is 28.2 Å². The van der Waals surface area contributed by atoms with E-state index in [2.05, 4.69) is 10.6 Å². The molecule has 7 heteroatoms. The summed E-state index contributed by atoms with van der Waals surface area (Å²) < 4.78 is 0. The average Bonchev–Trinajstić information content (AvgIpc) is 2.72. The Morgan fingerprint density at radius 1 is 0.667 bits per heavy atom. The van der Waals surface area contributed by atoms with Crippen LogP contribution < -0.4 is 16.4 Å². The number of nitrogens with two attached hydrogens (primary N) is 1. The molecule has 0 aliphatic carbocycles. The van der Waals surface area contributed by atoms with E-state index in [0.717, 1.165) is 11.1 Å². The van der Waals surface area contributed by atoms with Gasteiger partial charge in [-0.25, -0.2) is 0 Å². The molecule has 0 heterocycles. The second-order valence-electron chi connectivity index (χ2n) is 9.02. The smallest absolute Gasteiger partial charge is 0.255 e. The first-order valence-corrected chi connectivity index (χ1v) is 10.5. The summed E-state index contributed by atoms with van der Waals surface area (Å²) in [5.74, 6) is -0.830. The second-order valence-corrected chi connectivity index (χ2v) is 9.02. The molecular formula is C26H29N3O4. The molecule has 0 saturated carbocycles. The van der Waals surface area contributed by atoms with Crippen LogP contribution in [0.3, 0.4) is 0 Å². The van der Waals surface area contributed by atoms with Crippen molar-refractivity contribution in [2.75, 3.05) is 16.4 Å². The molecule has 3 aromatic carbocycles. The highest BCUT2D eigenvalue weighted by molar-refractivity contribution is 6.09. The maximum absolute atomic E-state index is 12.7. The number of nitrogens with one attached hydrogen (secondary N) is 2. The minimum absolute atomic E-state index is 0.240. The van der Waals surface area contributed by atoms with E-state index in [9.17, 15) is 19.8 Å². The topological polar surface area (TPSA) is 125 Å². The van der Waals surface area contributed by atoms with Crippen LogP contribution in [0.15, 0.2) is 66.7 Å². The van der Waals surface area contributed by atoms with Crippen LogP contribution in [-0.2, 0) is 11.2 Å². The van der Waals surface area contributed by atoms with Gasteiger partial charge < -0.3 is 26.6 Å². The lowest BCUT2D eigenvalue weighted by molar-refractivity contribution is 0.0780. The Labute approximate surface area is 193 Å². The highest BCUT2D eigenvalue weighted by Crippen LogP contribution is 2.23. The first kappa shape index (κ1) is 24.0. The fourth-order valence-corrected chi connectivity index (χ4v) is 3.24. The summed E-state index contributed by atoms with van der Waals surface area (Å²) in [6.07, 6.45) is 0. The predicted octanol–water partition coefficient (Wildman–Crippen LogP) is 4.23. The number of rotatable bonds is 6. The van der Waals surface area contributed by atoms with Crippen LogP contribution in [0.1, 0.15) is 59.5 Å². The summed E-state index contributed by atoms with van der Waals surface area (Å²) in [5.41, 5.74) is 7.29. The van der Waals surface area contributed by atoms with E-state index in [1.807, 2.05) is 0 Å². The number of aliphatic hydroxyl groups is 2. The van der Waals surface area contributed by atoms with Crippen molar-refractivity contribution >= 4 is 28.9 Å². The summed E-state index contributed by atoms with van der Waals surface area (Å²) in [5, 5.41) is 25.7. The molecule has 0 bridgehead atoms. The van der Waals surface area contributed by atoms with Crippen LogP contribution in [0.2, 0.25) is 0 Å². The molecule has 172 valence electrons. The number of amides is 2. The quantitative estimate of drug-likeness (QED) is 0.362. The van der Waals surface area contributed by atoms with E-state index in [1.165, 1.54) is 18.2 Å². The van der Waals surface area contributed by atoms with Crippen LogP contribution >= 0.6 is 0 Å². The summed E-state index contributed by atoms with van der Waals surface area (Å²) in [4.78, 5) is 25.5. The number of hydrogen-bond donors (Lipinski definition) is 5. The maximum atomic E-state index is 12.7. The zero-order valence-electron chi connectivity index (χ0n) is 19.1. The van der Waals surface area contributed by atoms with Crippen molar-refractivity contribution in [1.29, 1.82) is 0 Å². The minimum atomic E-state index is -0.979. The number of hydrogen-bond acceptors (Lipinski definition) is 5. The van der Waals surface area contributed by atoms with Crippen LogP contribution in [0.5, 0.6) is 0 Å². The standard InChI is InChI=1S/C26H29N3O4/c1-25(2,32)18-5-9-21(10-6-18)28-23(30)16-13-17(15-20(27)14-16)24(31)29-22-11-7-19(8-12-22)26(3,4)33/h5-15,32-33H,27H2,1-4H3,(H,28,30)(H,29,31). The molecule has 6 N–H and O–H groups in total. The number of carbonyl (C=O) groups excluding carboxylic acids is 2. The van der Waals surface area contributed by atoms with E-state index >= 15 is 0 Å². The third kappa shape index (κ3) is 6.19. The van der Waals surface area contributed by atoms with Gasteiger partial charge in [-0.05, 0) is 81.3 Å². The molecule has 3 aromatic rings. The summed E-state index contributed by atoms with van der Waals surface area (Å²) in [6, 6.07) is 18.2. The van der Waals surface area contributed by atoms with Crippen molar-refractivity contribution in [3.63, 3.8) is 0 Å². The highest BCUT2D eigenvalue weighted by Gasteiger charge is 2.18. The lowest BCUT2D eigenvalue weighted by Gasteiger charge is -2.18. The van der Waals surface area contributed by atoms with Crippen LogP contribution in [-0.4, -0.2) is 22.0 Å². The Morgan fingerprint density at radius 2 is 1.00 bits per heavy atom. The van der Waals surface area contributed by atoms with Gasteiger partial charge >= 0.3 is 0 Å². The minimum Gasteiger partial charge on any atom is -0.399 e. The normalized spacial score (nSPS) is 11.7. The monoisotopic (exact) mass is 447 g/mol. The van der Waals surface area contributed by atoms with E-state index in [0.29, 0.717) is 11.4 Å². The van der Waals surface area contributed by atoms with E-state index in [1.54, 1.807) is 76.2 Å². The zero-order valence-corrected chi connectivity index (χ0v) is 19.1. The molecule has 3 rings (SSSR count). The molecule has 0 fully saturated rings. The Kier molecular flexibility index (Phi) is 6.58. The molecule has 0 radical (unpaired) electrons. The second kappa shape index (κ2) is 9.05. The number of carbonyl (C=O) groups is 2. The van der Waals surface area contributed by atoms with E-state index in [4.69, 9.17) is 5.73 Å². The van der Waals surface area contributed by atoms with Crippen LogP contribution in [0, 0.1) is 0 Å². The van der Waals surface area contributed by atoms with Gasteiger partial charge in [0.25, 0.3) is 11.8 Å². The summed E-state index contributed by atoms with van der Waals surface area (Å²) >= 11 is 0. The van der Waals surface area contributed by atoms with Crippen molar-refractivity contribution in [1.82, 2.24) is 0 Å². The van der Waals surface area contributed by atoms with Crippen molar-refractivity contribution in [2.45, 2.75) is 38.9 Å². The van der Waals surface area contributed by atoms with Crippen LogP contribution in [0.4, 0.5) is 17.1 Å². The lowest BCUT2D eigenvalue weighted by atomic mass is 9.98. The summed E-state index contributed by atoms with van der Waals surface area (Å²) in [7, 11) is 0. The fourth-order valence-electron chi connectivity index (χ4n) is 3.24. The SMILES string of the molecule is CC(C)(O)c1ccc(NC(=O)c2cc(N)cc(C(=O)Nc3ccc(C(C)(C)O)cc3)c2)cc1. The van der Waals surface area contributed by atoms with E-state index in [-0.39, 0.29) is 16.8 Å². The molecule has 33 heavy (non-hydrogen) atoms. The molecule has 2 amide bonds. The van der Waals surface area contributed by atoms with Gasteiger partial charge in [-0.15, -0.1) is 0 Å². The third-order valence-electron chi connectivity index (χ3n) is 5.18.